The third-order valence-corrected chi connectivity index (χ3v) is 1.22. The van der Waals surface area contributed by atoms with Crippen molar-refractivity contribution in [2.45, 2.75) is 6.92 Å². The average molecular weight is 151 g/mol. The summed E-state index contributed by atoms with van der Waals surface area (Å²) in [7, 11) is 1.56. The fraction of sp³-hybridized carbons (Fsp3) is 0.222. The number of methoxy groups -OCH3 is 1. The van der Waals surface area contributed by atoms with E-state index in [1.54, 1.807) is 19.3 Å². The van der Waals surface area contributed by atoms with E-state index in [4.69, 9.17) is 10.1 Å². The second-order valence-corrected chi connectivity index (χ2v) is 1.94. The Hall–Kier alpha value is -1.31. The van der Waals surface area contributed by atoms with E-state index in [1.165, 1.54) is 6.21 Å². The molecule has 0 bridgehead atoms. The number of hydrogen-bond acceptors (Lipinski definition) is 2. The van der Waals surface area contributed by atoms with Crippen LogP contribution in [0.5, 0.6) is 0 Å². The molecule has 2 nitrogen and oxygen atoms in total. The first-order chi connectivity index (χ1) is 5.24. The number of allylic oxidation sites excluding steroid dienone is 4. The highest BCUT2D eigenvalue weighted by atomic mass is 16.5. The summed E-state index contributed by atoms with van der Waals surface area (Å²) in [5.41, 5.74) is 0.836. The first-order valence-electron chi connectivity index (χ1n) is 3.32. The molecule has 0 radical (unpaired) electrons. The van der Waals surface area contributed by atoms with Gasteiger partial charge in [0, 0.05) is 6.21 Å². The summed E-state index contributed by atoms with van der Waals surface area (Å²) >= 11 is 0. The standard InChI is InChI=1S/C9H13NO/c1-4-9(7-10)6-5-8(2)11-3/h4-7,10H,2H2,1,3H3/b6-5-,9-4+,10-7?. The molecule has 2 heteroatoms. The van der Waals surface area contributed by atoms with Crippen LogP contribution >= 0.6 is 0 Å². The zero-order valence-corrected chi connectivity index (χ0v) is 6.92. The first kappa shape index (κ1) is 9.69. The van der Waals surface area contributed by atoms with Crippen LogP contribution in [-0.2, 0) is 4.74 Å². The Morgan fingerprint density at radius 3 is 2.45 bits per heavy atom. The van der Waals surface area contributed by atoms with Crippen LogP contribution in [-0.4, -0.2) is 13.3 Å². The van der Waals surface area contributed by atoms with Gasteiger partial charge < -0.3 is 10.1 Å². The molecule has 0 atom stereocenters. The lowest BCUT2D eigenvalue weighted by Gasteiger charge is -1.95. The Labute approximate surface area is 67.4 Å². The average Bonchev–Trinajstić information content (AvgIpc) is 2.06. The summed E-state index contributed by atoms with van der Waals surface area (Å²) in [5.74, 6) is 0.589. The topological polar surface area (TPSA) is 33.1 Å². The van der Waals surface area contributed by atoms with Gasteiger partial charge in [0.05, 0.1) is 7.11 Å². The van der Waals surface area contributed by atoms with Crippen LogP contribution in [0.1, 0.15) is 6.92 Å². The van der Waals surface area contributed by atoms with E-state index in [2.05, 4.69) is 6.58 Å². The highest BCUT2D eigenvalue weighted by molar-refractivity contribution is 5.79. The predicted molar refractivity (Wildman–Crippen MR) is 47.8 cm³/mol. The summed E-state index contributed by atoms with van der Waals surface area (Å²) < 4.78 is 4.81. The Bertz CT molecular complexity index is 202. The zero-order chi connectivity index (χ0) is 8.69. The van der Waals surface area contributed by atoms with Crippen LogP contribution in [0.4, 0.5) is 0 Å². The Balaban J connectivity index is 4.11. The van der Waals surface area contributed by atoms with Gasteiger partial charge in [-0.3, -0.25) is 0 Å². The third kappa shape index (κ3) is 4.14. The van der Waals surface area contributed by atoms with Gasteiger partial charge >= 0.3 is 0 Å². The van der Waals surface area contributed by atoms with Crippen LogP contribution in [0.2, 0.25) is 0 Å². The molecule has 0 heterocycles. The lowest BCUT2D eigenvalue weighted by Crippen LogP contribution is -1.80. The van der Waals surface area contributed by atoms with Crippen molar-refractivity contribution in [1.82, 2.24) is 0 Å². The van der Waals surface area contributed by atoms with E-state index in [0.29, 0.717) is 5.76 Å². The van der Waals surface area contributed by atoms with E-state index >= 15 is 0 Å². The maximum Gasteiger partial charge on any atom is 0.111 e. The number of rotatable bonds is 4. The molecule has 0 aromatic heterocycles. The van der Waals surface area contributed by atoms with E-state index in [-0.39, 0.29) is 0 Å². The molecule has 0 aliphatic rings. The second kappa shape index (κ2) is 5.47. The van der Waals surface area contributed by atoms with Crippen molar-refractivity contribution in [3.8, 4) is 0 Å². The summed E-state index contributed by atoms with van der Waals surface area (Å²) in [5, 5.41) is 6.95. The largest absolute Gasteiger partial charge is 0.497 e. The van der Waals surface area contributed by atoms with Gasteiger partial charge in [-0.15, -0.1) is 0 Å². The lowest BCUT2D eigenvalue weighted by molar-refractivity contribution is 0.309. The van der Waals surface area contributed by atoms with Crippen molar-refractivity contribution in [2.24, 2.45) is 0 Å². The molecular formula is C9H13NO. The van der Waals surface area contributed by atoms with Gasteiger partial charge in [0.1, 0.15) is 5.76 Å². The molecule has 1 N–H and O–H groups in total. The van der Waals surface area contributed by atoms with Crippen molar-refractivity contribution in [3.05, 3.63) is 36.1 Å². The van der Waals surface area contributed by atoms with Crippen LogP contribution in [0.15, 0.2) is 36.1 Å². The van der Waals surface area contributed by atoms with Gasteiger partial charge in [-0.25, -0.2) is 0 Å². The van der Waals surface area contributed by atoms with Gasteiger partial charge in [0.2, 0.25) is 0 Å². The lowest BCUT2D eigenvalue weighted by atomic mass is 10.2. The van der Waals surface area contributed by atoms with Crippen LogP contribution in [0.25, 0.3) is 0 Å². The van der Waals surface area contributed by atoms with E-state index in [0.717, 1.165) is 5.57 Å². The fourth-order valence-corrected chi connectivity index (χ4v) is 0.485. The van der Waals surface area contributed by atoms with Gasteiger partial charge in [0.15, 0.2) is 0 Å². The number of hydrogen-bond donors (Lipinski definition) is 1. The van der Waals surface area contributed by atoms with Crippen molar-refractivity contribution < 1.29 is 4.74 Å². The molecule has 60 valence electrons. The van der Waals surface area contributed by atoms with E-state index in [1.807, 2.05) is 13.0 Å². The van der Waals surface area contributed by atoms with Crippen molar-refractivity contribution >= 4 is 6.21 Å². The minimum Gasteiger partial charge on any atom is -0.497 e. The molecule has 0 saturated carbocycles. The van der Waals surface area contributed by atoms with Gasteiger partial charge in [-0.05, 0) is 18.6 Å². The highest BCUT2D eigenvalue weighted by Gasteiger charge is 1.84. The second-order valence-electron chi connectivity index (χ2n) is 1.94. The van der Waals surface area contributed by atoms with Crippen LogP contribution in [0, 0.1) is 5.41 Å². The molecule has 0 saturated heterocycles. The molecule has 0 rings (SSSR count). The van der Waals surface area contributed by atoms with Gasteiger partial charge in [-0.1, -0.05) is 18.7 Å². The molecule has 0 aromatic rings. The van der Waals surface area contributed by atoms with Crippen molar-refractivity contribution in [2.75, 3.05) is 7.11 Å². The summed E-state index contributed by atoms with van der Waals surface area (Å²) in [6.07, 6.45) is 6.62. The van der Waals surface area contributed by atoms with Gasteiger partial charge in [0.25, 0.3) is 0 Å². The maximum absolute atomic E-state index is 6.95. The van der Waals surface area contributed by atoms with Crippen molar-refractivity contribution in [1.29, 1.82) is 5.41 Å². The zero-order valence-electron chi connectivity index (χ0n) is 6.92. The highest BCUT2D eigenvalue weighted by Crippen LogP contribution is 1.97. The SMILES string of the molecule is C=C(/C=C\C(C=N)=C/C)OC. The number of nitrogens with one attached hydrogen (secondary N) is 1. The van der Waals surface area contributed by atoms with Crippen LogP contribution in [0.3, 0.4) is 0 Å². The normalized spacial score (nSPS) is 11.6. The molecule has 0 aliphatic heterocycles. The molecule has 0 unspecified atom stereocenters. The van der Waals surface area contributed by atoms with Gasteiger partial charge in [-0.2, -0.15) is 0 Å². The summed E-state index contributed by atoms with van der Waals surface area (Å²) in [6, 6.07) is 0. The van der Waals surface area contributed by atoms with E-state index in [9.17, 15) is 0 Å². The minimum atomic E-state index is 0.589. The van der Waals surface area contributed by atoms with Crippen molar-refractivity contribution in [3.63, 3.8) is 0 Å². The first-order valence-corrected chi connectivity index (χ1v) is 3.32. The summed E-state index contributed by atoms with van der Waals surface area (Å²) in [6.45, 7) is 5.48. The molecule has 11 heavy (non-hydrogen) atoms. The Morgan fingerprint density at radius 2 is 2.09 bits per heavy atom. The molecule has 0 amide bonds. The molecule has 0 spiro atoms. The smallest absolute Gasteiger partial charge is 0.111 e. The Kier molecular flexibility index (Phi) is 4.82. The maximum atomic E-state index is 6.95. The summed E-state index contributed by atoms with van der Waals surface area (Å²) in [4.78, 5) is 0. The molecule has 0 aliphatic carbocycles. The molecule has 0 aromatic carbocycles. The van der Waals surface area contributed by atoms with Crippen LogP contribution < -0.4 is 0 Å². The third-order valence-electron chi connectivity index (χ3n) is 1.22. The number of ether oxygens (including phenoxy) is 1. The molecular weight excluding hydrogens is 138 g/mol. The minimum absolute atomic E-state index is 0.589. The monoisotopic (exact) mass is 151 g/mol. The fourth-order valence-electron chi connectivity index (χ4n) is 0.485. The quantitative estimate of drug-likeness (QED) is 0.373. The predicted octanol–water partition coefficient (Wildman–Crippen LogP) is 2.30. The van der Waals surface area contributed by atoms with E-state index < -0.39 is 0 Å². The Morgan fingerprint density at radius 1 is 1.45 bits per heavy atom. The molecule has 0 fully saturated rings.